The highest BCUT2D eigenvalue weighted by molar-refractivity contribution is 6.29. The first-order chi connectivity index (χ1) is 6.66. The molecule has 0 aliphatic rings. The first kappa shape index (κ1) is 9.02. The number of aromatic amines is 1. The number of carboxylic acids is 1. The molecule has 72 valence electrons. The van der Waals surface area contributed by atoms with Gasteiger partial charge in [0.1, 0.15) is 0 Å². The third kappa shape index (κ3) is 1.56. The molecule has 14 heavy (non-hydrogen) atoms. The number of H-pyrrole nitrogens is 1. The zero-order valence-electron chi connectivity index (χ0n) is 7.12. The highest BCUT2D eigenvalue weighted by atomic mass is 35.5. The van der Waals surface area contributed by atoms with Crippen LogP contribution in [0.5, 0.6) is 0 Å². The lowest BCUT2D eigenvalue weighted by atomic mass is 10.1. The van der Waals surface area contributed by atoms with Crippen molar-refractivity contribution in [3.8, 4) is 0 Å². The molecule has 0 bridgehead atoms. The van der Waals surface area contributed by atoms with Gasteiger partial charge in [-0.3, -0.25) is 4.79 Å². The van der Waals surface area contributed by atoms with Crippen LogP contribution in [0.1, 0.15) is 5.56 Å². The lowest BCUT2D eigenvalue weighted by Gasteiger charge is -1.96. The number of hydrogen-bond donors (Lipinski definition) is 2. The summed E-state index contributed by atoms with van der Waals surface area (Å²) in [5.41, 5.74) is 2.05. The van der Waals surface area contributed by atoms with E-state index >= 15 is 0 Å². The quantitative estimate of drug-likeness (QED) is 0.795. The van der Waals surface area contributed by atoms with Crippen molar-refractivity contribution in [3.05, 3.63) is 29.0 Å². The second-order valence-corrected chi connectivity index (χ2v) is 3.27. The fourth-order valence-corrected chi connectivity index (χ4v) is 1.55. The number of aliphatic carboxylic acids is 1. The van der Waals surface area contributed by atoms with Crippen molar-refractivity contribution >= 4 is 28.6 Å². The standard InChI is InChI=1S/C9H7ClN2O2/c10-9-11-6-3-1-2-5(4-7(13)14)8(6)12-9/h1-3H,4H2,(H,11,12)(H,13,14). The Balaban J connectivity index is 2.58. The zero-order chi connectivity index (χ0) is 10.1. The molecule has 1 aromatic heterocycles. The molecule has 0 aliphatic heterocycles. The molecule has 0 atom stereocenters. The summed E-state index contributed by atoms with van der Waals surface area (Å²) in [7, 11) is 0. The maximum Gasteiger partial charge on any atom is 0.307 e. The summed E-state index contributed by atoms with van der Waals surface area (Å²) >= 11 is 5.68. The maximum absolute atomic E-state index is 10.5. The average Bonchev–Trinajstić information content (AvgIpc) is 2.45. The van der Waals surface area contributed by atoms with Crippen LogP contribution in [0.4, 0.5) is 0 Å². The van der Waals surface area contributed by atoms with Gasteiger partial charge in [-0.2, -0.15) is 0 Å². The Bertz CT molecular complexity index is 493. The number of carboxylic acid groups (broad SMARTS) is 1. The summed E-state index contributed by atoms with van der Waals surface area (Å²) in [6, 6.07) is 5.31. The number of fused-ring (bicyclic) bond motifs is 1. The molecule has 0 unspecified atom stereocenters. The minimum absolute atomic E-state index is 0.0431. The van der Waals surface area contributed by atoms with Crippen molar-refractivity contribution in [1.29, 1.82) is 0 Å². The second-order valence-electron chi connectivity index (χ2n) is 2.91. The van der Waals surface area contributed by atoms with Gasteiger partial charge in [0.05, 0.1) is 17.5 Å². The molecule has 0 saturated carbocycles. The van der Waals surface area contributed by atoms with Crippen LogP contribution in [-0.2, 0) is 11.2 Å². The molecule has 2 rings (SSSR count). The topological polar surface area (TPSA) is 66.0 Å². The van der Waals surface area contributed by atoms with Gasteiger partial charge < -0.3 is 10.1 Å². The van der Waals surface area contributed by atoms with Crippen LogP contribution in [0, 0.1) is 0 Å². The van der Waals surface area contributed by atoms with Crippen molar-refractivity contribution in [3.63, 3.8) is 0 Å². The Morgan fingerprint density at radius 3 is 3.07 bits per heavy atom. The Morgan fingerprint density at radius 2 is 2.36 bits per heavy atom. The van der Waals surface area contributed by atoms with Crippen molar-refractivity contribution in [2.45, 2.75) is 6.42 Å². The summed E-state index contributed by atoms with van der Waals surface area (Å²) in [6.07, 6.45) is -0.0431. The Labute approximate surface area is 84.5 Å². The van der Waals surface area contributed by atoms with Crippen molar-refractivity contribution < 1.29 is 9.90 Å². The van der Waals surface area contributed by atoms with E-state index in [2.05, 4.69) is 9.97 Å². The molecule has 5 heteroatoms. The number of aromatic nitrogens is 2. The summed E-state index contributed by atoms with van der Waals surface area (Å²) in [4.78, 5) is 17.4. The van der Waals surface area contributed by atoms with E-state index in [1.807, 2.05) is 0 Å². The lowest BCUT2D eigenvalue weighted by molar-refractivity contribution is -0.136. The fraction of sp³-hybridized carbons (Fsp3) is 0.111. The van der Waals surface area contributed by atoms with Gasteiger partial charge in [-0.1, -0.05) is 12.1 Å². The highest BCUT2D eigenvalue weighted by Gasteiger charge is 2.08. The van der Waals surface area contributed by atoms with Gasteiger partial charge in [-0.05, 0) is 23.2 Å². The molecule has 2 N–H and O–H groups in total. The van der Waals surface area contributed by atoms with Gasteiger partial charge in [0, 0.05) is 0 Å². The summed E-state index contributed by atoms with van der Waals surface area (Å²) in [5.74, 6) is -0.878. The van der Waals surface area contributed by atoms with Crippen molar-refractivity contribution in [1.82, 2.24) is 9.97 Å². The Hall–Kier alpha value is -1.55. The van der Waals surface area contributed by atoms with E-state index in [1.165, 1.54) is 0 Å². The number of para-hydroxylation sites is 1. The van der Waals surface area contributed by atoms with Gasteiger partial charge in [0.15, 0.2) is 0 Å². The van der Waals surface area contributed by atoms with Gasteiger partial charge in [0.2, 0.25) is 5.28 Å². The van der Waals surface area contributed by atoms with Crippen LogP contribution < -0.4 is 0 Å². The number of nitrogens with zero attached hydrogens (tertiary/aromatic N) is 1. The lowest BCUT2D eigenvalue weighted by Crippen LogP contribution is -2.00. The minimum Gasteiger partial charge on any atom is -0.481 e. The molecule has 0 aliphatic carbocycles. The molecule has 0 amide bonds. The van der Waals surface area contributed by atoms with Crippen LogP contribution in [0.3, 0.4) is 0 Å². The Morgan fingerprint density at radius 1 is 1.57 bits per heavy atom. The molecule has 0 fully saturated rings. The molecule has 1 aromatic carbocycles. The van der Waals surface area contributed by atoms with E-state index in [0.717, 1.165) is 5.52 Å². The number of nitrogens with one attached hydrogen (secondary N) is 1. The molecule has 2 aromatic rings. The second kappa shape index (κ2) is 3.31. The Kier molecular flexibility index (Phi) is 2.13. The number of hydrogen-bond acceptors (Lipinski definition) is 2. The summed E-state index contributed by atoms with van der Waals surface area (Å²) in [6.45, 7) is 0. The van der Waals surface area contributed by atoms with Crippen LogP contribution in [0.25, 0.3) is 11.0 Å². The van der Waals surface area contributed by atoms with Crippen LogP contribution in [0.15, 0.2) is 18.2 Å². The smallest absolute Gasteiger partial charge is 0.307 e. The first-order valence-corrected chi connectivity index (χ1v) is 4.39. The summed E-state index contributed by atoms with van der Waals surface area (Å²) in [5, 5.41) is 8.94. The third-order valence-electron chi connectivity index (χ3n) is 1.91. The maximum atomic E-state index is 10.5. The van der Waals surface area contributed by atoms with Gasteiger partial charge in [-0.25, -0.2) is 4.98 Å². The first-order valence-electron chi connectivity index (χ1n) is 4.02. The van der Waals surface area contributed by atoms with Crippen molar-refractivity contribution in [2.75, 3.05) is 0 Å². The van der Waals surface area contributed by atoms with Gasteiger partial charge in [0.25, 0.3) is 0 Å². The van der Waals surface area contributed by atoms with E-state index in [1.54, 1.807) is 18.2 Å². The fourth-order valence-electron chi connectivity index (χ4n) is 1.37. The third-order valence-corrected chi connectivity index (χ3v) is 2.09. The van der Waals surface area contributed by atoms with Gasteiger partial charge in [-0.15, -0.1) is 0 Å². The van der Waals surface area contributed by atoms with Gasteiger partial charge >= 0.3 is 5.97 Å². The van der Waals surface area contributed by atoms with E-state index in [9.17, 15) is 4.79 Å². The number of halogens is 1. The number of benzene rings is 1. The van der Waals surface area contributed by atoms with Crippen LogP contribution in [0.2, 0.25) is 5.28 Å². The molecular formula is C9H7ClN2O2. The molecule has 0 radical (unpaired) electrons. The minimum atomic E-state index is -0.878. The predicted octanol–water partition coefficient (Wildman–Crippen LogP) is 1.84. The number of carbonyl (C=O) groups is 1. The normalized spacial score (nSPS) is 10.6. The zero-order valence-corrected chi connectivity index (χ0v) is 7.88. The average molecular weight is 211 g/mol. The molecule has 0 saturated heterocycles. The van der Waals surface area contributed by atoms with E-state index < -0.39 is 5.97 Å². The highest BCUT2D eigenvalue weighted by Crippen LogP contribution is 2.18. The van der Waals surface area contributed by atoms with E-state index in [0.29, 0.717) is 11.1 Å². The van der Waals surface area contributed by atoms with Crippen LogP contribution >= 0.6 is 11.6 Å². The molecular weight excluding hydrogens is 204 g/mol. The SMILES string of the molecule is O=C(O)Cc1cccc2[nH]c(Cl)nc12. The van der Waals surface area contributed by atoms with Crippen LogP contribution in [-0.4, -0.2) is 21.0 Å². The molecule has 0 spiro atoms. The number of rotatable bonds is 2. The molecule has 1 heterocycles. The van der Waals surface area contributed by atoms with Crippen molar-refractivity contribution in [2.24, 2.45) is 0 Å². The molecule has 4 nitrogen and oxygen atoms in total. The van der Waals surface area contributed by atoms with E-state index in [-0.39, 0.29) is 11.7 Å². The van der Waals surface area contributed by atoms with E-state index in [4.69, 9.17) is 16.7 Å². The summed E-state index contributed by atoms with van der Waals surface area (Å²) < 4.78 is 0. The monoisotopic (exact) mass is 210 g/mol. The largest absolute Gasteiger partial charge is 0.481 e. The predicted molar refractivity (Wildman–Crippen MR) is 52.4 cm³/mol. The number of imidazole rings is 1.